The Balaban J connectivity index is 3.11. The molecule has 1 aromatic heterocycles. The minimum absolute atomic E-state index is 0.0971. The number of rotatable bonds is 5. The van der Waals surface area contributed by atoms with Gasteiger partial charge in [0.1, 0.15) is 0 Å². The van der Waals surface area contributed by atoms with Crippen LogP contribution in [0.5, 0.6) is 0 Å². The van der Waals surface area contributed by atoms with Gasteiger partial charge in [-0.25, -0.2) is 4.79 Å². The van der Waals surface area contributed by atoms with Gasteiger partial charge in [-0.1, -0.05) is 13.8 Å². The second-order valence-corrected chi connectivity index (χ2v) is 4.63. The number of aromatic nitrogens is 1. The highest BCUT2D eigenvalue weighted by atomic mass is 16.5. The van der Waals surface area contributed by atoms with Crippen molar-refractivity contribution in [3.05, 3.63) is 30.1 Å². The quantitative estimate of drug-likeness (QED) is 0.482. The number of nitrogens with two attached hydrogens (primary N) is 1. The summed E-state index contributed by atoms with van der Waals surface area (Å²) in [6.45, 7) is 3.79. The van der Waals surface area contributed by atoms with Crippen LogP contribution in [0.1, 0.15) is 30.6 Å². The lowest BCUT2D eigenvalue weighted by Gasteiger charge is -2.26. The van der Waals surface area contributed by atoms with E-state index in [4.69, 9.17) is 5.73 Å². The maximum atomic E-state index is 12.3. The summed E-state index contributed by atoms with van der Waals surface area (Å²) >= 11 is 0. The van der Waals surface area contributed by atoms with Crippen molar-refractivity contribution < 1.29 is 14.3 Å². The number of pyridine rings is 1. The van der Waals surface area contributed by atoms with E-state index in [1.54, 1.807) is 0 Å². The number of ether oxygens (including phenoxy) is 1. The van der Waals surface area contributed by atoms with Gasteiger partial charge < -0.3 is 10.5 Å². The van der Waals surface area contributed by atoms with E-state index in [0.29, 0.717) is 5.56 Å². The first-order chi connectivity index (χ1) is 8.41. The largest absolute Gasteiger partial charge is 0.467 e. The van der Waals surface area contributed by atoms with Crippen molar-refractivity contribution in [2.75, 3.05) is 7.11 Å². The molecule has 0 saturated carbocycles. The molecule has 0 fully saturated rings. The van der Waals surface area contributed by atoms with Crippen LogP contribution in [0.15, 0.2) is 24.5 Å². The van der Waals surface area contributed by atoms with E-state index >= 15 is 0 Å². The second kappa shape index (κ2) is 5.73. The third-order valence-corrected chi connectivity index (χ3v) is 2.63. The predicted octanol–water partition coefficient (Wildman–Crippen LogP) is 1.18. The van der Waals surface area contributed by atoms with E-state index in [-0.39, 0.29) is 12.3 Å². The molecule has 0 radical (unpaired) electrons. The van der Waals surface area contributed by atoms with E-state index in [1.165, 1.54) is 31.6 Å². The van der Waals surface area contributed by atoms with Crippen LogP contribution in [-0.2, 0) is 9.53 Å². The lowest BCUT2D eigenvalue weighted by Crippen LogP contribution is -2.56. The SMILES string of the molecule is COC(=O)[C@@](N)(CC(C)C)C(=O)c1ccncc1. The first-order valence-corrected chi connectivity index (χ1v) is 5.74. The molecule has 18 heavy (non-hydrogen) atoms. The molecule has 0 aliphatic rings. The fraction of sp³-hybridized carbons (Fsp3) is 0.462. The molecular formula is C13H18N2O3. The molecule has 0 aromatic carbocycles. The molecule has 5 nitrogen and oxygen atoms in total. The van der Waals surface area contributed by atoms with E-state index < -0.39 is 17.3 Å². The zero-order chi connectivity index (χ0) is 13.8. The number of carbonyl (C=O) groups excluding carboxylic acids is 2. The number of esters is 1. The average Bonchev–Trinajstić information content (AvgIpc) is 2.36. The van der Waals surface area contributed by atoms with Crippen LogP contribution in [0.3, 0.4) is 0 Å². The van der Waals surface area contributed by atoms with Crippen molar-refractivity contribution in [1.82, 2.24) is 4.98 Å². The van der Waals surface area contributed by atoms with Crippen molar-refractivity contribution in [1.29, 1.82) is 0 Å². The van der Waals surface area contributed by atoms with Gasteiger partial charge in [0, 0.05) is 18.0 Å². The zero-order valence-corrected chi connectivity index (χ0v) is 10.8. The molecule has 98 valence electrons. The summed E-state index contributed by atoms with van der Waals surface area (Å²) in [5.41, 5.74) is 4.71. The number of ketones is 1. The fourth-order valence-corrected chi connectivity index (χ4v) is 1.86. The smallest absolute Gasteiger partial charge is 0.334 e. The Morgan fingerprint density at radius 2 is 1.94 bits per heavy atom. The van der Waals surface area contributed by atoms with Crippen molar-refractivity contribution in [3.8, 4) is 0 Å². The van der Waals surface area contributed by atoms with Crippen molar-refractivity contribution >= 4 is 11.8 Å². The average molecular weight is 250 g/mol. The molecular weight excluding hydrogens is 232 g/mol. The Hall–Kier alpha value is -1.75. The summed E-state index contributed by atoms with van der Waals surface area (Å²) in [5.74, 6) is -1.05. The first kappa shape index (κ1) is 14.3. The molecule has 2 N–H and O–H groups in total. The normalized spacial score (nSPS) is 14.1. The molecule has 5 heteroatoms. The van der Waals surface area contributed by atoms with Gasteiger partial charge in [0.2, 0.25) is 0 Å². The predicted molar refractivity (Wildman–Crippen MR) is 67.0 cm³/mol. The third-order valence-electron chi connectivity index (χ3n) is 2.63. The van der Waals surface area contributed by atoms with Gasteiger partial charge in [0.15, 0.2) is 11.3 Å². The summed E-state index contributed by atoms with van der Waals surface area (Å²) in [5, 5.41) is 0. The van der Waals surface area contributed by atoms with E-state index in [1.807, 2.05) is 13.8 Å². The lowest BCUT2D eigenvalue weighted by atomic mass is 9.83. The van der Waals surface area contributed by atoms with Crippen molar-refractivity contribution in [2.24, 2.45) is 11.7 Å². The number of nitrogens with zero attached hydrogens (tertiary/aromatic N) is 1. The fourth-order valence-electron chi connectivity index (χ4n) is 1.86. The molecule has 1 aromatic rings. The summed E-state index contributed by atoms with van der Waals surface area (Å²) in [6.07, 6.45) is 3.21. The molecule has 0 aliphatic carbocycles. The van der Waals surface area contributed by atoms with Gasteiger partial charge in [0.25, 0.3) is 0 Å². The van der Waals surface area contributed by atoms with Gasteiger partial charge in [-0.2, -0.15) is 0 Å². The van der Waals surface area contributed by atoms with Gasteiger partial charge in [-0.15, -0.1) is 0 Å². The molecule has 0 amide bonds. The zero-order valence-electron chi connectivity index (χ0n) is 10.8. The lowest BCUT2D eigenvalue weighted by molar-refractivity contribution is -0.145. The van der Waals surface area contributed by atoms with Gasteiger partial charge in [-0.05, 0) is 24.5 Å². The van der Waals surface area contributed by atoms with E-state index in [9.17, 15) is 9.59 Å². The van der Waals surface area contributed by atoms with Gasteiger partial charge >= 0.3 is 5.97 Å². The number of carbonyl (C=O) groups is 2. The Morgan fingerprint density at radius 1 is 1.39 bits per heavy atom. The topological polar surface area (TPSA) is 82.3 Å². The standard InChI is InChI=1S/C13H18N2O3/c1-9(2)8-13(14,12(17)18-3)11(16)10-4-6-15-7-5-10/h4-7,9H,8,14H2,1-3H3/t13-/m1/s1. The number of methoxy groups -OCH3 is 1. The van der Waals surface area contributed by atoms with E-state index in [0.717, 1.165) is 0 Å². The van der Waals surface area contributed by atoms with Crippen molar-refractivity contribution in [3.63, 3.8) is 0 Å². The monoisotopic (exact) mass is 250 g/mol. The molecule has 1 heterocycles. The molecule has 0 spiro atoms. The second-order valence-electron chi connectivity index (χ2n) is 4.63. The van der Waals surface area contributed by atoms with Crippen LogP contribution in [-0.4, -0.2) is 29.4 Å². The van der Waals surface area contributed by atoms with Crippen LogP contribution in [0.2, 0.25) is 0 Å². The summed E-state index contributed by atoms with van der Waals surface area (Å²) in [7, 11) is 1.23. The first-order valence-electron chi connectivity index (χ1n) is 5.74. The molecule has 0 unspecified atom stereocenters. The Labute approximate surface area is 106 Å². The molecule has 0 bridgehead atoms. The molecule has 0 aliphatic heterocycles. The highest BCUT2D eigenvalue weighted by Gasteiger charge is 2.43. The number of Topliss-reactive ketones (excluding diaryl/α,β-unsaturated/α-hetero) is 1. The Morgan fingerprint density at radius 3 is 2.39 bits per heavy atom. The maximum Gasteiger partial charge on any atom is 0.334 e. The number of hydrogen-bond acceptors (Lipinski definition) is 5. The minimum Gasteiger partial charge on any atom is -0.467 e. The van der Waals surface area contributed by atoms with Gasteiger partial charge in [0.05, 0.1) is 7.11 Å². The summed E-state index contributed by atoms with van der Waals surface area (Å²) in [6, 6.07) is 3.07. The Kier molecular flexibility index (Phi) is 4.55. The summed E-state index contributed by atoms with van der Waals surface area (Å²) in [4.78, 5) is 28.0. The van der Waals surface area contributed by atoms with Crippen LogP contribution < -0.4 is 5.73 Å². The van der Waals surface area contributed by atoms with Crippen LogP contribution in [0, 0.1) is 5.92 Å². The number of hydrogen-bond donors (Lipinski definition) is 1. The highest BCUT2D eigenvalue weighted by Crippen LogP contribution is 2.21. The van der Waals surface area contributed by atoms with Crippen LogP contribution in [0.4, 0.5) is 0 Å². The molecule has 1 atom stereocenters. The molecule has 1 rings (SSSR count). The van der Waals surface area contributed by atoms with Crippen LogP contribution >= 0.6 is 0 Å². The van der Waals surface area contributed by atoms with Crippen LogP contribution in [0.25, 0.3) is 0 Å². The summed E-state index contributed by atoms with van der Waals surface area (Å²) < 4.78 is 4.66. The van der Waals surface area contributed by atoms with Gasteiger partial charge in [-0.3, -0.25) is 9.78 Å². The highest BCUT2D eigenvalue weighted by molar-refractivity contribution is 6.16. The molecule has 0 saturated heterocycles. The van der Waals surface area contributed by atoms with Crippen molar-refractivity contribution in [2.45, 2.75) is 25.8 Å². The Bertz CT molecular complexity index is 431. The van der Waals surface area contributed by atoms with E-state index in [2.05, 4.69) is 9.72 Å². The third kappa shape index (κ3) is 2.92. The maximum absolute atomic E-state index is 12.3. The minimum atomic E-state index is -1.63.